The molecular weight excluding hydrogens is 480 g/mol. The van der Waals surface area contributed by atoms with E-state index in [9.17, 15) is 0 Å². The summed E-state index contributed by atoms with van der Waals surface area (Å²) in [5.74, 6) is 69.0. The second-order valence-corrected chi connectivity index (χ2v) is 7.27. The van der Waals surface area contributed by atoms with Crippen LogP contribution in [-0.4, -0.2) is 0 Å². The highest BCUT2D eigenvalue weighted by atomic mass is 14.4. The van der Waals surface area contributed by atoms with Crippen molar-refractivity contribution in [1.82, 2.24) is 0 Å². The molecule has 0 aromatic carbocycles. The molecule has 1 unspecified atom stereocenters. The van der Waals surface area contributed by atoms with Crippen molar-refractivity contribution < 1.29 is 0 Å². The van der Waals surface area contributed by atoms with E-state index in [1.807, 2.05) is 26.0 Å². The van der Waals surface area contributed by atoms with E-state index in [0.29, 0.717) is 0 Å². The molecule has 0 fully saturated rings. The van der Waals surface area contributed by atoms with E-state index in [1.165, 1.54) is 0 Å². The highest BCUT2D eigenvalue weighted by Gasteiger charge is 2.41. The third-order valence-electron chi connectivity index (χ3n) is 4.88. The van der Waals surface area contributed by atoms with Gasteiger partial charge in [-0.2, -0.15) is 0 Å². The van der Waals surface area contributed by atoms with Crippen molar-refractivity contribution in [2.45, 2.75) is 20.8 Å². The average molecular weight is 495 g/mol. The van der Waals surface area contributed by atoms with Crippen LogP contribution in [0.25, 0.3) is 0 Å². The molecule has 0 aromatic heterocycles. The summed E-state index contributed by atoms with van der Waals surface area (Å²) < 4.78 is 0. The van der Waals surface area contributed by atoms with Gasteiger partial charge in [0.05, 0.1) is 5.41 Å². The second kappa shape index (κ2) is 16.5. The molecule has 0 aromatic rings. The molecule has 0 aliphatic heterocycles. The molecule has 0 saturated carbocycles. The van der Waals surface area contributed by atoms with E-state index >= 15 is 0 Å². The zero-order valence-corrected chi connectivity index (χ0v) is 21.9. The van der Waals surface area contributed by atoms with Crippen molar-refractivity contribution >= 4 is 0 Å². The van der Waals surface area contributed by atoms with Gasteiger partial charge in [0.25, 0.3) is 0 Å². The van der Waals surface area contributed by atoms with Crippen LogP contribution in [0.15, 0.2) is 46.1 Å². The fraction of sp³-hybridized carbons (Fsp3) is 0.100. The fourth-order valence-electron chi connectivity index (χ4n) is 3.27. The monoisotopic (exact) mass is 494 g/mol. The molecule has 1 atom stereocenters. The number of rotatable bonds is 0. The molecule has 2 aliphatic carbocycles. The Morgan fingerprint density at radius 3 is 1.50 bits per heavy atom. The van der Waals surface area contributed by atoms with Gasteiger partial charge < -0.3 is 0 Å². The van der Waals surface area contributed by atoms with E-state index < -0.39 is 5.41 Å². The van der Waals surface area contributed by atoms with Crippen molar-refractivity contribution in [3.8, 4) is 167 Å². The molecule has 0 N–H and O–H groups in total. The fourth-order valence-corrected chi connectivity index (χ4v) is 3.27. The summed E-state index contributed by atoms with van der Waals surface area (Å²) in [6.07, 6.45) is 16.2. The van der Waals surface area contributed by atoms with Crippen molar-refractivity contribution in [2.24, 2.45) is 5.41 Å². The third kappa shape index (κ3) is 8.78. The van der Waals surface area contributed by atoms with E-state index in [2.05, 4.69) is 160 Å². The summed E-state index contributed by atoms with van der Waals surface area (Å²) in [5.41, 5.74) is 3.70. The van der Waals surface area contributed by atoms with Crippen molar-refractivity contribution in [2.75, 3.05) is 0 Å². The molecule has 0 radical (unpaired) electrons. The molecule has 0 heterocycles. The SMILES string of the molecule is C#CC#CC#CC#CC#CC1=CC2(C=C(C)C(C)=C2C#CC#CC#CC#C)C(C#CC#CC#CC#CC#CC)=C1. The molecule has 0 nitrogen and oxygen atoms in total. The van der Waals surface area contributed by atoms with E-state index in [4.69, 9.17) is 12.8 Å². The Balaban J connectivity index is 2.54. The number of terminal acetylenes is 2. The maximum Gasteiger partial charge on any atom is 0.0745 e. The van der Waals surface area contributed by atoms with Crippen LogP contribution in [0, 0.1) is 172 Å². The predicted octanol–water partition coefficient (Wildman–Crippen LogP) is 3.44. The van der Waals surface area contributed by atoms with Crippen molar-refractivity contribution in [3.05, 3.63) is 46.1 Å². The van der Waals surface area contributed by atoms with Gasteiger partial charge in [0, 0.05) is 16.7 Å². The van der Waals surface area contributed by atoms with Crippen LogP contribution in [0.1, 0.15) is 20.8 Å². The van der Waals surface area contributed by atoms with Gasteiger partial charge in [-0.3, -0.25) is 0 Å². The van der Waals surface area contributed by atoms with E-state index in [1.54, 1.807) is 6.92 Å². The summed E-state index contributed by atoms with van der Waals surface area (Å²) in [4.78, 5) is 0. The lowest BCUT2D eigenvalue weighted by Gasteiger charge is -2.22. The maximum absolute atomic E-state index is 5.12. The number of hydrogen-bond acceptors (Lipinski definition) is 0. The van der Waals surface area contributed by atoms with Crippen molar-refractivity contribution in [3.63, 3.8) is 0 Å². The lowest BCUT2D eigenvalue weighted by molar-refractivity contribution is 0.775. The normalized spacial score (nSPS) is 13.4. The summed E-state index contributed by atoms with van der Waals surface area (Å²) >= 11 is 0. The van der Waals surface area contributed by atoms with E-state index in [-0.39, 0.29) is 0 Å². The molecule has 0 amide bonds. The summed E-state index contributed by atoms with van der Waals surface area (Å²) in [6, 6.07) is 0. The average Bonchev–Trinajstić information content (AvgIpc) is 3.41. The minimum absolute atomic E-state index is 0.708. The number of allylic oxidation sites excluding steroid dienone is 8. The van der Waals surface area contributed by atoms with Gasteiger partial charge in [-0.15, -0.1) is 12.8 Å². The van der Waals surface area contributed by atoms with Gasteiger partial charge in [-0.25, -0.2) is 0 Å². The molecule has 2 aliphatic rings. The third-order valence-corrected chi connectivity index (χ3v) is 4.88. The lowest BCUT2D eigenvalue weighted by atomic mass is 9.77. The van der Waals surface area contributed by atoms with Crippen LogP contribution in [0.4, 0.5) is 0 Å². The van der Waals surface area contributed by atoms with Gasteiger partial charge >= 0.3 is 0 Å². The summed E-state index contributed by atoms with van der Waals surface area (Å²) in [6.45, 7) is 5.73. The van der Waals surface area contributed by atoms with Gasteiger partial charge in [-0.05, 0) is 174 Å². The Bertz CT molecular complexity index is 2140. The Labute approximate surface area is 238 Å². The van der Waals surface area contributed by atoms with Crippen LogP contribution in [0.5, 0.6) is 0 Å². The first-order valence-electron chi connectivity index (χ1n) is 11.3. The van der Waals surface area contributed by atoms with Gasteiger partial charge in [0.2, 0.25) is 0 Å². The zero-order valence-electron chi connectivity index (χ0n) is 21.9. The lowest BCUT2D eigenvalue weighted by Crippen LogP contribution is -2.16. The molecule has 2 rings (SSSR count). The first kappa shape index (κ1) is 29.0. The molecular formula is C40H14. The van der Waals surface area contributed by atoms with Crippen LogP contribution < -0.4 is 0 Å². The molecule has 0 heteroatoms. The minimum Gasteiger partial charge on any atom is -0.106 e. The molecule has 1 spiro atoms. The highest BCUT2D eigenvalue weighted by Crippen LogP contribution is 2.50. The van der Waals surface area contributed by atoms with Gasteiger partial charge in [-0.1, -0.05) is 29.8 Å². The number of hydrogen-bond donors (Lipinski definition) is 0. The Morgan fingerprint density at radius 2 is 0.975 bits per heavy atom. The molecule has 0 saturated heterocycles. The second-order valence-electron chi connectivity index (χ2n) is 7.27. The molecule has 0 bridgehead atoms. The van der Waals surface area contributed by atoms with Crippen LogP contribution in [0.2, 0.25) is 0 Å². The zero-order chi connectivity index (χ0) is 28.9. The summed E-state index contributed by atoms with van der Waals surface area (Å²) in [5, 5.41) is 0. The largest absolute Gasteiger partial charge is 0.106 e. The quantitative estimate of drug-likeness (QED) is 0.453. The Morgan fingerprint density at radius 1 is 0.525 bits per heavy atom. The smallest absolute Gasteiger partial charge is 0.0745 e. The maximum atomic E-state index is 5.12. The molecule has 40 heavy (non-hydrogen) atoms. The molecule has 174 valence electrons. The van der Waals surface area contributed by atoms with E-state index in [0.717, 1.165) is 27.9 Å². The van der Waals surface area contributed by atoms with Crippen LogP contribution in [0.3, 0.4) is 0 Å². The topological polar surface area (TPSA) is 0 Å². The Hall–Kier alpha value is -7.20. The van der Waals surface area contributed by atoms with Crippen molar-refractivity contribution in [1.29, 1.82) is 0 Å². The minimum atomic E-state index is -0.708. The first-order valence-corrected chi connectivity index (χ1v) is 11.3. The van der Waals surface area contributed by atoms with Crippen LogP contribution in [-0.2, 0) is 0 Å². The van der Waals surface area contributed by atoms with Gasteiger partial charge in [0.15, 0.2) is 0 Å². The Kier molecular flexibility index (Phi) is 12.0. The van der Waals surface area contributed by atoms with Crippen LogP contribution >= 0.6 is 0 Å². The standard InChI is InChI=1S/C40H14/c1-6-9-12-15-18-20-22-24-27-30-38-32-37(29-26-23-21-19-16-13-10-7-2)34-40(38)33-35(4)36(5)39(40)31-28-25-17-14-11-8-3/h2-3,32-34H,1,4-5H3. The summed E-state index contributed by atoms with van der Waals surface area (Å²) in [7, 11) is 0. The predicted molar refractivity (Wildman–Crippen MR) is 162 cm³/mol. The first-order chi connectivity index (χ1) is 19.6. The highest BCUT2D eigenvalue weighted by molar-refractivity contribution is 5.72. The van der Waals surface area contributed by atoms with Gasteiger partial charge in [0.1, 0.15) is 0 Å².